The summed E-state index contributed by atoms with van der Waals surface area (Å²) in [5.74, 6) is 1.18. The maximum atomic E-state index is 13.0. The lowest BCUT2D eigenvalue weighted by Gasteiger charge is -2.44. The fraction of sp³-hybridized carbons (Fsp3) is 0.737. The van der Waals surface area contributed by atoms with E-state index in [4.69, 9.17) is 0 Å². The van der Waals surface area contributed by atoms with Crippen molar-refractivity contribution in [2.75, 3.05) is 19.6 Å². The van der Waals surface area contributed by atoms with Crippen LogP contribution in [0.15, 0.2) is 17.5 Å². The van der Waals surface area contributed by atoms with E-state index in [0.717, 1.165) is 19.0 Å². The van der Waals surface area contributed by atoms with Crippen molar-refractivity contribution in [1.82, 2.24) is 9.80 Å². The largest absolute Gasteiger partial charge is 0.338 e. The molecule has 0 aromatic carbocycles. The minimum Gasteiger partial charge on any atom is -0.338 e. The summed E-state index contributed by atoms with van der Waals surface area (Å²) >= 11 is 1.84. The zero-order chi connectivity index (χ0) is 15.6. The highest BCUT2D eigenvalue weighted by atomic mass is 32.1. The quantitative estimate of drug-likeness (QED) is 0.833. The van der Waals surface area contributed by atoms with E-state index in [1.54, 1.807) is 0 Å². The van der Waals surface area contributed by atoms with Gasteiger partial charge in [0.1, 0.15) is 0 Å². The molecule has 23 heavy (non-hydrogen) atoms. The highest BCUT2D eigenvalue weighted by molar-refractivity contribution is 7.10. The summed E-state index contributed by atoms with van der Waals surface area (Å²) in [5, 5.41) is 2.16. The van der Waals surface area contributed by atoms with E-state index in [1.165, 1.54) is 56.2 Å². The highest BCUT2D eigenvalue weighted by Gasteiger charge is 2.37. The second kappa shape index (κ2) is 6.94. The molecule has 0 radical (unpaired) electrons. The number of hydrogen-bond donors (Lipinski definition) is 0. The van der Waals surface area contributed by atoms with Crippen LogP contribution in [-0.4, -0.2) is 41.4 Å². The molecule has 4 heteroatoms. The molecule has 2 aliphatic heterocycles. The van der Waals surface area contributed by atoms with E-state index in [9.17, 15) is 4.79 Å². The fourth-order valence-electron chi connectivity index (χ4n) is 5.02. The maximum Gasteiger partial charge on any atom is 0.237 e. The molecule has 3 unspecified atom stereocenters. The van der Waals surface area contributed by atoms with E-state index in [-0.39, 0.29) is 0 Å². The highest BCUT2D eigenvalue weighted by Crippen LogP contribution is 2.37. The number of likely N-dealkylation sites (tertiary alicyclic amines) is 2. The van der Waals surface area contributed by atoms with E-state index >= 15 is 0 Å². The molecule has 3 fully saturated rings. The first-order valence-corrected chi connectivity index (χ1v) is 10.3. The third-order valence-corrected chi connectivity index (χ3v) is 7.11. The molecule has 1 aliphatic carbocycles. The van der Waals surface area contributed by atoms with Crippen LogP contribution in [0.1, 0.15) is 62.3 Å². The topological polar surface area (TPSA) is 23.6 Å². The Hall–Kier alpha value is -0.870. The predicted molar refractivity (Wildman–Crippen MR) is 94.6 cm³/mol. The Labute approximate surface area is 143 Å². The Balaban J connectivity index is 1.42. The van der Waals surface area contributed by atoms with Crippen molar-refractivity contribution in [3.8, 4) is 0 Å². The molecule has 1 saturated carbocycles. The summed E-state index contributed by atoms with van der Waals surface area (Å²) in [4.78, 5) is 19.1. The van der Waals surface area contributed by atoms with Gasteiger partial charge >= 0.3 is 0 Å². The van der Waals surface area contributed by atoms with Crippen molar-refractivity contribution in [2.24, 2.45) is 5.92 Å². The van der Waals surface area contributed by atoms with Gasteiger partial charge in [-0.15, -0.1) is 11.3 Å². The third kappa shape index (κ3) is 3.20. The van der Waals surface area contributed by atoms with E-state index < -0.39 is 0 Å². The van der Waals surface area contributed by atoms with Gasteiger partial charge in [0, 0.05) is 23.5 Å². The first-order valence-electron chi connectivity index (χ1n) is 9.40. The number of amides is 1. The van der Waals surface area contributed by atoms with Crippen LogP contribution >= 0.6 is 11.3 Å². The zero-order valence-corrected chi connectivity index (χ0v) is 14.8. The third-order valence-electron chi connectivity index (χ3n) is 6.14. The molecule has 3 aliphatic rings. The Morgan fingerprint density at radius 1 is 1.09 bits per heavy atom. The maximum absolute atomic E-state index is 13.0. The molecule has 1 aromatic rings. The van der Waals surface area contributed by atoms with Crippen molar-refractivity contribution in [3.05, 3.63) is 22.4 Å². The molecule has 3 heterocycles. The number of rotatable bonds is 3. The second-order valence-corrected chi connectivity index (χ2v) is 8.46. The standard InChI is InChI=1S/C19H28N2OS/c22-19(21-12-3-7-15-6-1-2-8-16(15)21)14-20-11-4-9-17(20)18-10-5-13-23-18/h5,10,13,15-17H,1-4,6-9,11-12,14H2. The van der Waals surface area contributed by atoms with Gasteiger partial charge in [-0.3, -0.25) is 9.69 Å². The number of fused-ring (bicyclic) bond motifs is 1. The van der Waals surface area contributed by atoms with Gasteiger partial charge in [0.15, 0.2) is 0 Å². The predicted octanol–water partition coefficient (Wildman–Crippen LogP) is 4.07. The second-order valence-electron chi connectivity index (χ2n) is 7.49. The molecule has 4 rings (SSSR count). The Kier molecular flexibility index (Phi) is 4.72. The Bertz CT molecular complexity index is 527. The van der Waals surface area contributed by atoms with E-state index in [2.05, 4.69) is 27.3 Å². The summed E-state index contributed by atoms with van der Waals surface area (Å²) in [6.45, 7) is 2.71. The zero-order valence-electron chi connectivity index (χ0n) is 14.0. The van der Waals surface area contributed by atoms with Gasteiger partial charge in [0.25, 0.3) is 0 Å². The fourth-order valence-corrected chi connectivity index (χ4v) is 5.91. The molecule has 0 N–H and O–H groups in total. The number of hydrogen-bond acceptors (Lipinski definition) is 3. The van der Waals surface area contributed by atoms with Crippen LogP contribution in [0.3, 0.4) is 0 Å². The van der Waals surface area contributed by atoms with Crippen LogP contribution in [0, 0.1) is 5.92 Å². The number of carbonyl (C=O) groups excluding carboxylic acids is 1. The first-order chi connectivity index (χ1) is 11.3. The minimum absolute atomic E-state index is 0.394. The van der Waals surface area contributed by atoms with Gasteiger partial charge in [-0.25, -0.2) is 0 Å². The summed E-state index contributed by atoms with van der Waals surface area (Å²) in [5.41, 5.74) is 0. The summed E-state index contributed by atoms with van der Waals surface area (Å²) < 4.78 is 0. The summed E-state index contributed by atoms with van der Waals surface area (Å²) in [7, 11) is 0. The first kappa shape index (κ1) is 15.6. The minimum atomic E-state index is 0.394. The lowest BCUT2D eigenvalue weighted by Crippen LogP contribution is -2.52. The molecule has 0 spiro atoms. The van der Waals surface area contributed by atoms with E-state index in [1.807, 2.05) is 11.3 Å². The molecule has 0 bridgehead atoms. The molecular weight excluding hydrogens is 304 g/mol. The lowest BCUT2D eigenvalue weighted by atomic mass is 9.78. The molecule has 3 atom stereocenters. The van der Waals surface area contributed by atoms with Crippen molar-refractivity contribution >= 4 is 17.2 Å². The molecule has 1 aromatic heterocycles. The van der Waals surface area contributed by atoms with Crippen LogP contribution < -0.4 is 0 Å². The smallest absolute Gasteiger partial charge is 0.237 e. The van der Waals surface area contributed by atoms with Gasteiger partial charge in [-0.1, -0.05) is 18.9 Å². The number of piperidine rings is 1. The molecule has 1 amide bonds. The summed E-state index contributed by atoms with van der Waals surface area (Å²) in [6, 6.07) is 5.39. The van der Waals surface area contributed by atoms with Crippen LogP contribution in [0.25, 0.3) is 0 Å². The van der Waals surface area contributed by atoms with Crippen molar-refractivity contribution in [1.29, 1.82) is 0 Å². The van der Waals surface area contributed by atoms with Crippen LogP contribution in [-0.2, 0) is 4.79 Å². The normalized spacial score (nSPS) is 32.0. The molecule has 126 valence electrons. The number of thiophene rings is 1. The number of carbonyl (C=O) groups is 1. The van der Waals surface area contributed by atoms with Crippen molar-refractivity contribution in [2.45, 2.75) is 63.5 Å². The average Bonchev–Trinajstić information content (AvgIpc) is 3.25. The van der Waals surface area contributed by atoms with E-state index in [0.29, 0.717) is 24.5 Å². The lowest BCUT2D eigenvalue weighted by molar-refractivity contribution is -0.139. The van der Waals surface area contributed by atoms with Gasteiger partial charge < -0.3 is 4.90 Å². The SMILES string of the molecule is O=C(CN1CCCC1c1cccs1)N1CCCC2CCCCC21. The monoisotopic (exact) mass is 332 g/mol. The Morgan fingerprint density at radius 2 is 1.91 bits per heavy atom. The van der Waals surface area contributed by atoms with Gasteiger partial charge in [0.2, 0.25) is 5.91 Å². The molecule has 3 nitrogen and oxygen atoms in total. The van der Waals surface area contributed by atoms with Crippen molar-refractivity contribution < 1.29 is 4.79 Å². The average molecular weight is 333 g/mol. The number of nitrogens with zero attached hydrogens (tertiary/aromatic N) is 2. The van der Waals surface area contributed by atoms with Gasteiger partial charge in [-0.2, -0.15) is 0 Å². The van der Waals surface area contributed by atoms with Crippen LogP contribution in [0.5, 0.6) is 0 Å². The van der Waals surface area contributed by atoms with Crippen molar-refractivity contribution in [3.63, 3.8) is 0 Å². The summed E-state index contributed by atoms with van der Waals surface area (Å²) in [6.07, 6.45) is 10.3. The van der Waals surface area contributed by atoms with Gasteiger partial charge in [-0.05, 0) is 62.4 Å². The van der Waals surface area contributed by atoms with Crippen LogP contribution in [0.4, 0.5) is 0 Å². The molecule has 2 saturated heterocycles. The van der Waals surface area contributed by atoms with Crippen LogP contribution in [0.2, 0.25) is 0 Å². The van der Waals surface area contributed by atoms with Gasteiger partial charge in [0.05, 0.1) is 6.54 Å². The molecular formula is C19H28N2OS. The Morgan fingerprint density at radius 3 is 2.78 bits per heavy atom.